The van der Waals surface area contributed by atoms with E-state index >= 15 is 0 Å². The highest BCUT2D eigenvalue weighted by atomic mass is 19.1. The van der Waals surface area contributed by atoms with E-state index in [1.54, 1.807) is 6.07 Å². The lowest BCUT2D eigenvalue weighted by Gasteiger charge is -2.15. The summed E-state index contributed by atoms with van der Waals surface area (Å²) in [5, 5.41) is 12.9. The van der Waals surface area contributed by atoms with Gasteiger partial charge in [-0.3, -0.25) is 0 Å². The maximum Gasteiger partial charge on any atom is 0.146 e. The van der Waals surface area contributed by atoms with Crippen molar-refractivity contribution in [1.29, 1.82) is 0 Å². The molecule has 18 heavy (non-hydrogen) atoms. The van der Waals surface area contributed by atoms with Crippen molar-refractivity contribution in [2.24, 2.45) is 0 Å². The van der Waals surface area contributed by atoms with Crippen molar-refractivity contribution in [3.63, 3.8) is 0 Å². The maximum absolute atomic E-state index is 13.6. The molecule has 0 saturated carbocycles. The first-order chi connectivity index (χ1) is 8.68. The summed E-state index contributed by atoms with van der Waals surface area (Å²) in [5.41, 5.74) is 2.10. The molecule has 3 heteroatoms. The van der Waals surface area contributed by atoms with Crippen molar-refractivity contribution in [2.75, 3.05) is 11.9 Å². The minimum atomic E-state index is -0.648. The van der Waals surface area contributed by atoms with Gasteiger partial charge in [0, 0.05) is 6.54 Å². The summed E-state index contributed by atoms with van der Waals surface area (Å²) in [7, 11) is 0. The Morgan fingerprint density at radius 2 is 1.83 bits per heavy atom. The standard InChI is InChI=1S/C15H16FNO/c1-11-6-5-9-13(16)15(11)17-10-14(18)12-7-3-2-4-8-12/h2-9,14,17-18H,10H2,1H3. The lowest BCUT2D eigenvalue weighted by molar-refractivity contribution is 0.191. The fourth-order valence-electron chi connectivity index (χ4n) is 1.85. The number of halogens is 1. The Morgan fingerprint density at radius 3 is 2.50 bits per heavy atom. The number of rotatable bonds is 4. The Morgan fingerprint density at radius 1 is 1.11 bits per heavy atom. The molecule has 2 nitrogen and oxygen atoms in total. The molecule has 0 radical (unpaired) electrons. The third kappa shape index (κ3) is 2.87. The van der Waals surface area contributed by atoms with Crippen LogP contribution in [0.2, 0.25) is 0 Å². The molecule has 0 aliphatic rings. The quantitative estimate of drug-likeness (QED) is 0.866. The molecule has 0 saturated heterocycles. The third-order valence-electron chi connectivity index (χ3n) is 2.88. The molecule has 0 fully saturated rings. The van der Waals surface area contributed by atoms with E-state index in [0.29, 0.717) is 5.69 Å². The number of aliphatic hydroxyl groups is 1. The highest BCUT2D eigenvalue weighted by Crippen LogP contribution is 2.20. The van der Waals surface area contributed by atoms with Crippen LogP contribution in [0.3, 0.4) is 0 Å². The molecule has 0 bridgehead atoms. The normalized spacial score (nSPS) is 12.2. The van der Waals surface area contributed by atoms with Crippen molar-refractivity contribution in [3.8, 4) is 0 Å². The molecule has 0 amide bonds. The van der Waals surface area contributed by atoms with Crippen LogP contribution >= 0.6 is 0 Å². The van der Waals surface area contributed by atoms with Crippen molar-refractivity contribution >= 4 is 5.69 Å². The average molecular weight is 245 g/mol. The zero-order valence-electron chi connectivity index (χ0n) is 10.2. The summed E-state index contributed by atoms with van der Waals surface area (Å²) >= 11 is 0. The van der Waals surface area contributed by atoms with Crippen molar-refractivity contribution in [3.05, 3.63) is 65.5 Å². The van der Waals surface area contributed by atoms with E-state index in [1.807, 2.05) is 43.3 Å². The molecule has 0 aromatic heterocycles. The fraction of sp³-hybridized carbons (Fsp3) is 0.200. The molecule has 1 unspecified atom stereocenters. The van der Waals surface area contributed by atoms with Gasteiger partial charge in [-0.05, 0) is 24.1 Å². The zero-order valence-corrected chi connectivity index (χ0v) is 10.2. The topological polar surface area (TPSA) is 32.3 Å². The molecule has 2 aromatic carbocycles. The second kappa shape index (κ2) is 5.65. The third-order valence-corrected chi connectivity index (χ3v) is 2.88. The Bertz CT molecular complexity index is 493. The Balaban J connectivity index is 2.04. The summed E-state index contributed by atoms with van der Waals surface area (Å²) in [4.78, 5) is 0. The Kier molecular flexibility index (Phi) is 3.95. The first-order valence-electron chi connectivity index (χ1n) is 5.90. The first-order valence-corrected chi connectivity index (χ1v) is 5.90. The smallest absolute Gasteiger partial charge is 0.146 e. The predicted octanol–water partition coefficient (Wildman–Crippen LogP) is 3.28. The predicted molar refractivity (Wildman–Crippen MR) is 71.0 cm³/mol. The molecular weight excluding hydrogens is 229 g/mol. The maximum atomic E-state index is 13.6. The van der Waals surface area contributed by atoms with Crippen LogP contribution in [-0.4, -0.2) is 11.7 Å². The molecule has 0 aliphatic carbocycles. The van der Waals surface area contributed by atoms with Gasteiger partial charge in [0.2, 0.25) is 0 Å². The minimum absolute atomic E-state index is 0.284. The van der Waals surface area contributed by atoms with Gasteiger partial charge in [0.15, 0.2) is 0 Å². The van der Waals surface area contributed by atoms with Crippen molar-refractivity contribution in [1.82, 2.24) is 0 Å². The van der Waals surface area contributed by atoms with Crippen LogP contribution in [0, 0.1) is 12.7 Å². The summed E-state index contributed by atoms with van der Waals surface area (Å²) < 4.78 is 13.6. The van der Waals surface area contributed by atoms with Crippen molar-refractivity contribution < 1.29 is 9.50 Å². The van der Waals surface area contributed by atoms with Gasteiger partial charge in [-0.15, -0.1) is 0 Å². The van der Waals surface area contributed by atoms with Gasteiger partial charge in [-0.1, -0.05) is 42.5 Å². The van der Waals surface area contributed by atoms with E-state index in [2.05, 4.69) is 5.32 Å². The Hall–Kier alpha value is -1.87. The van der Waals surface area contributed by atoms with Gasteiger partial charge in [0.25, 0.3) is 0 Å². The monoisotopic (exact) mass is 245 g/mol. The van der Waals surface area contributed by atoms with Crippen LogP contribution in [0.1, 0.15) is 17.2 Å². The molecule has 94 valence electrons. The molecule has 2 N–H and O–H groups in total. The highest BCUT2D eigenvalue weighted by Gasteiger charge is 2.09. The summed E-state index contributed by atoms with van der Waals surface area (Å²) in [5.74, 6) is -0.296. The molecule has 2 rings (SSSR count). The number of para-hydroxylation sites is 1. The summed E-state index contributed by atoms with van der Waals surface area (Å²) in [6.45, 7) is 2.12. The molecule has 1 atom stereocenters. The summed E-state index contributed by atoms with van der Waals surface area (Å²) in [6, 6.07) is 14.2. The second-order valence-corrected chi connectivity index (χ2v) is 4.24. The van der Waals surface area contributed by atoms with E-state index < -0.39 is 6.10 Å². The average Bonchev–Trinajstić information content (AvgIpc) is 2.39. The molecule has 0 spiro atoms. The van der Waals surface area contributed by atoms with E-state index in [9.17, 15) is 9.50 Å². The lowest BCUT2D eigenvalue weighted by atomic mass is 10.1. The van der Waals surface area contributed by atoms with Crippen LogP contribution in [0.25, 0.3) is 0 Å². The fourth-order valence-corrected chi connectivity index (χ4v) is 1.85. The number of aryl methyl sites for hydroxylation is 1. The van der Waals surface area contributed by atoms with Gasteiger partial charge in [-0.25, -0.2) is 4.39 Å². The molecular formula is C15H16FNO. The van der Waals surface area contributed by atoms with E-state index in [4.69, 9.17) is 0 Å². The van der Waals surface area contributed by atoms with E-state index in [0.717, 1.165) is 11.1 Å². The number of benzene rings is 2. The SMILES string of the molecule is Cc1cccc(F)c1NCC(O)c1ccccc1. The number of aliphatic hydroxyl groups excluding tert-OH is 1. The molecule has 0 heterocycles. The van der Waals surface area contributed by atoms with Crippen LogP contribution in [0.15, 0.2) is 48.5 Å². The minimum Gasteiger partial charge on any atom is -0.387 e. The number of nitrogens with one attached hydrogen (secondary N) is 1. The number of hydrogen-bond acceptors (Lipinski definition) is 2. The van der Waals surface area contributed by atoms with Gasteiger partial charge in [0.05, 0.1) is 11.8 Å². The van der Waals surface area contributed by atoms with E-state index in [1.165, 1.54) is 6.07 Å². The number of anilines is 1. The van der Waals surface area contributed by atoms with Gasteiger partial charge >= 0.3 is 0 Å². The van der Waals surface area contributed by atoms with Crippen LogP contribution in [0.4, 0.5) is 10.1 Å². The largest absolute Gasteiger partial charge is 0.387 e. The van der Waals surface area contributed by atoms with Crippen molar-refractivity contribution in [2.45, 2.75) is 13.0 Å². The highest BCUT2D eigenvalue weighted by molar-refractivity contribution is 5.51. The van der Waals surface area contributed by atoms with Crippen LogP contribution in [-0.2, 0) is 0 Å². The second-order valence-electron chi connectivity index (χ2n) is 4.24. The van der Waals surface area contributed by atoms with Crippen LogP contribution < -0.4 is 5.32 Å². The van der Waals surface area contributed by atoms with Gasteiger partial charge < -0.3 is 10.4 Å². The van der Waals surface area contributed by atoms with Crippen LogP contribution in [0.5, 0.6) is 0 Å². The van der Waals surface area contributed by atoms with Gasteiger partial charge in [0.1, 0.15) is 5.82 Å². The Labute approximate surface area is 106 Å². The zero-order chi connectivity index (χ0) is 13.0. The number of hydrogen-bond donors (Lipinski definition) is 2. The summed E-state index contributed by atoms with van der Waals surface area (Å²) in [6.07, 6.45) is -0.648. The first kappa shape index (κ1) is 12.6. The molecule has 0 aliphatic heterocycles. The van der Waals surface area contributed by atoms with E-state index in [-0.39, 0.29) is 12.4 Å². The molecule has 2 aromatic rings. The van der Waals surface area contributed by atoms with Gasteiger partial charge in [-0.2, -0.15) is 0 Å². The lowest BCUT2D eigenvalue weighted by Crippen LogP contribution is -2.13.